The number of hydrogen-bond donors (Lipinski definition) is 1. The van der Waals surface area contributed by atoms with Crippen molar-refractivity contribution in [3.8, 4) is 0 Å². The maximum atomic E-state index is 11.7. The average molecular weight is 263 g/mol. The van der Waals surface area contributed by atoms with E-state index in [9.17, 15) is 4.79 Å². The molecule has 104 valence electrons. The lowest BCUT2D eigenvalue weighted by Gasteiger charge is -2.34. The molecule has 0 spiro atoms. The minimum absolute atomic E-state index is 0.1000. The Balaban J connectivity index is 1.78. The third-order valence-corrected chi connectivity index (χ3v) is 3.06. The average Bonchev–Trinajstić information content (AvgIpc) is 2.39. The molecule has 0 atom stereocenters. The van der Waals surface area contributed by atoms with Crippen molar-refractivity contribution in [1.29, 1.82) is 0 Å². The Morgan fingerprint density at radius 3 is 2.63 bits per heavy atom. The maximum Gasteiger partial charge on any atom is 0.234 e. The number of nitrogens with one attached hydrogen (secondary N) is 1. The highest BCUT2D eigenvalue weighted by molar-refractivity contribution is 5.78. The molecule has 1 N–H and O–H groups in total. The van der Waals surface area contributed by atoms with Gasteiger partial charge in [0.05, 0.1) is 12.7 Å². The minimum atomic E-state index is 0.1000. The van der Waals surface area contributed by atoms with Crippen LogP contribution in [0.3, 0.4) is 0 Å². The van der Waals surface area contributed by atoms with Crippen LogP contribution in [0.1, 0.15) is 13.8 Å². The molecule has 0 aromatic carbocycles. The summed E-state index contributed by atoms with van der Waals surface area (Å²) < 4.78 is 0. The lowest BCUT2D eigenvalue weighted by molar-refractivity contribution is -0.122. The van der Waals surface area contributed by atoms with Crippen LogP contribution in [-0.2, 0) is 4.79 Å². The number of nitrogens with zero attached hydrogens (tertiary/aromatic N) is 4. The van der Waals surface area contributed by atoms with Crippen LogP contribution in [0, 0.1) is 0 Å². The Labute approximate surface area is 113 Å². The molecule has 0 aliphatic carbocycles. The van der Waals surface area contributed by atoms with Crippen molar-refractivity contribution in [2.45, 2.75) is 19.9 Å². The Hall–Kier alpha value is -1.69. The van der Waals surface area contributed by atoms with Gasteiger partial charge in [-0.25, -0.2) is 4.98 Å². The van der Waals surface area contributed by atoms with Crippen molar-refractivity contribution < 1.29 is 4.79 Å². The molecule has 1 fully saturated rings. The molecule has 1 amide bonds. The fraction of sp³-hybridized carbons (Fsp3) is 0.615. The summed E-state index contributed by atoms with van der Waals surface area (Å²) in [5, 5.41) is 2.92. The van der Waals surface area contributed by atoms with Gasteiger partial charge in [0.25, 0.3) is 0 Å². The second-order valence-corrected chi connectivity index (χ2v) is 5.05. The molecule has 1 aromatic rings. The molecule has 1 aromatic heterocycles. The number of carbonyl (C=O) groups excluding carboxylic acids is 1. The number of piperazine rings is 1. The molecular formula is C13H21N5O. The summed E-state index contributed by atoms with van der Waals surface area (Å²) in [6, 6.07) is 0.202. The second-order valence-electron chi connectivity index (χ2n) is 5.05. The summed E-state index contributed by atoms with van der Waals surface area (Å²) in [7, 11) is 0. The molecule has 1 saturated heterocycles. The molecule has 0 unspecified atom stereocenters. The molecule has 2 rings (SSSR count). The number of rotatable bonds is 4. The summed E-state index contributed by atoms with van der Waals surface area (Å²) >= 11 is 0. The van der Waals surface area contributed by atoms with Crippen LogP contribution >= 0.6 is 0 Å². The third kappa shape index (κ3) is 4.17. The first-order chi connectivity index (χ1) is 9.15. The number of hydrogen-bond acceptors (Lipinski definition) is 5. The number of aromatic nitrogens is 2. The highest BCUT2D eigenvalue weighted by Crippen LogP contribution is 2.10. The highest BCUT2D eigenvalue weighted by Gasteiger charge is 2.19. The van der Waals surface area contributed by atoms with Gasteiger partial charge in [0.2, 0.25) is 5.91 Å². The van der Waals surface area contributed by atoms with Gasteiger partial charge in [-0.1, -0.05) is 0 Å². The van der Waals surface area contributed by atoms with Crippen molar-refractivity contribution in [1.82, 2.24) is 20.2 Å². The van der Waals surface area contributed by atoms with E-state index in [0.29, 0.717) is 6.54 Å². The van der Waals surface area contributed by atoms with Gasteiger partial charge in [-0.3, -0.25) is 14.7 Å². The van der Waals surface area contributed by atoms with Crippen LogP contribution in [0.4, 0.5) is 5.82 Å². The normalized spacial score (nSPS) is 16.7. The molecule has 6 nitrogen and oxygen atoms in total. The van der Waals surface area contributed by atoms with E-state index >= 15 is 0 Å². The van der Waals surface area contributed by atoms with Gasteiger partial charge in [0.15, 0.2) is 0 Å². The van der Waals surface area contributed by atoms with Gasteiger partial charge < -0.3 is 10.2 Å². The summed E-state index contributed by atoms with van der Waals surface area (Å²) in [5.74, 6) is 1.01. The Morgan fingerprint density at radius 1 is 1.32 bits per heavy atom. The van der Waals surface area contributed by atoms with Crippen LogP contribution < -0.4 is 10.2 Å². The number of amides is 1. The number of anilines is 1. The van der Waals surface area contributed by atoms with Crippen LogP contribution in [0.25, 0.3) is 0 Å². The summed E-state index contributed by atoms with van der Waals surface area (Å²) in [4.78, 5) is 24.4. The zero-order valence-electron chi connectivity index (χ0n) is 11.5. The smallest absolute Gasteiger partial charge is 0.234 e. The standard InChI is InChI=1S/C13H21N5O/c1-11(2)16-13(19)10-17-5-7-18(8-6-17)12-9-14-3-4-15-12/h3-4,9,11H,5-8,10H2,1-2H3,(H,16,19). The van der Waals surface area contributed by atoms with Crippen molar-refractivity contribution in [3.05, 3.63) is 18.6 Å². The molecule has 1 aliphatic heterocycles. The minimum Gasteiger partial charge on any atom is -0.353 e. The molecule has 6 heteroatoms. The van der Waals surface area contributed by atoms with Gasteiger partial charge in [-0.05, 0) is 13.8 Å². The van der Waals surface area contributed by atoms with Crippen molar-refractivity contribution in [2.24, 2.45) is 0 Å². The SMILES string of the molecule is CC(C)NC(=O)CN1CCN(c2cnccn2)CC1. The van der Waals surface area contributed by atoms with Crippen molar-refractivity contribution >= 4 is 11.7 Å². The van der Waals surface area contributed by atoms with Crippen molar-refractivity contribution in [2.75, 3.05) is 37.6 Å². The summed E-state index contributed by atoms with van der Waals surface area (Å²) in [6.07, 6.45) is 5.16. The monoisotopic (exact) mass is 263 g/mol. The van der Waals surface area contributed by atoms with E-state index < -0.39 is 0 Å². The molecule has 0 radical (unpaired) electrons. The highest BCUT2D eigenvalue weighted by atomic mass is 16.2. The molecule has 19 heavy (non-hydrogen) atoms. The van der Waals surface area contributed by atoms with E-state index in [1.54, 1.807) is 18.6 Å². The van der Waals surface area contributed by atoms with E-state index in [1.807, 2.05) is 13.8 Å². The predicted octanol–water partition coefficient (Wildman–Crippen LogP) is 0.123. The summed E-state index contributed by atoms with van der Waals surface area (Å²) in [5.41, 5.74) is 0. The van der Waals surface area contributed by atoms with Crippen LogP contribution in [0.5, 0.6) is 0 Å². The first kappa shape index (κ1) is 13.7. The van der Waals surface area contributed by atoms with E-state index in [1.165, 1.54) is 0 Å². The van der Waals surface area contributed by atoms with Crippen molar-refractivity contribution in [3.63, 3.8) is 0 Å². The Morgan fingerprint density at radius 2 is 2.05 bits per heavy atom. The van der Waals surface area contributed by atoms with Gasteiger partial charge in [-0.15, -0.1) is 0 Å². The fourth-order valence-corrected chi connectivity index (χ4v) is 2.16. The van der Waals surface area contributed by atoms with Gasteiger partial charge in [0.1, 0.15) is 5.82 Å². The first-order valence-corrected chi connectivity index (χ1v) is 6.68. The molecule has 0 bridgehead atoms. The molecule has 2 heterocycles. The fourth-order valence-electron chi connectivity index (χ4n) is 2.16. The van der Waals surface area contributed by atoms with E-state index in [-0.39, 0.29) is 11.9 Å². The Bertz CT molecular complexity index is 401. The predicted molar refractivity (Wildman–Crippen MR) is 74.0 cm³/mol. The molecular weight excluding hydrogens is 242 g/mol. The quantitative estimate of drug-likeness (QED) is 0.836. The zero-order valence-corrected chi connectivity index (χ0v) is 11.5. The van der Waals surface area contributed by atoms with Gasteiger partial charge >= 0.3 is 0 Å². The third-order valence-electron chi connectivity index (χ3n) is 3.06. The van der Waals surface area contributed by atoms with Gasteiger partial charge in [0, 0.05) is 44.6 Å². The Kier molecular flexibility index (Phi) is 4.68. The largest absolute Gasteiger partial charge is 0.353 e. The second kappa shape index (κ2) is 6.47. The first-order valence-electron chi connectivity index (χ1n) is 6.68. The van der Waals surface area contributed by atoms with Crippen LogP contribution in [0.2, 0.25) is 0 Å². The molecule has 1 aliphatic rings. The molecule has 0 saturated carbocycles. The van der Waals surface area contributed by atoms with Crippen LogP contribution in [0.15, 0.2) is 18.6 Å². The van der Waals surface area contributed by atoms with E-state index in [2.05, 4.69) is 25.1 Å². The van der Waals surface area contributed by atoms with Gasteiger partial charge in [-0.2, -0.15) is 0 Å². The van der Waals surface area contributed by atoms with Crippen LogP contribution in [-0.4, -0.2) is 59.5 Å². The van der Waals surface area contributed by atoms with E-state index in [0.717, 1.165) is 32.0 Å². The number of carbonyl (C=O) groups is 1. The topological polar surface area (TPSA) is 61.4 Å². The lowest BCUT2D eigenvalue weighted by Crippen LogP contribution is -2.50. The summed E-state index contributed by atoms with van der Waals surface area (Å²) in [6.45, 7) is 7.95. The van der Waals surface area contributed by atoms with E-state index in [4.69, 9.17) is 0 Å². The maximum absolute atomic E-state index is 11.7. The lowest BCUT2D eigenvalue weighted by atomic mass is 10.3. The zero-order chi connectivity index (χ0) is 13.7.